The number of hydrogen-bond donors (Lipinski definition) is 2. The summed E-state index contributed by atoms with van der Waals surface area (Å²) in [6.07, 6.45) is 1.03. The fourth-order valence-corrected chi connectivity index (χ4v) is 3.01. The van der Waals surface area contributed by atoms with E-state index in [9.17, 15) is 14.7 Å². The van der Waals surface area contributed by atoms with Gasteiger partial charge in [-0.2, -0.15) is 0 Å². The van der Waals surface area contributed by atoms with E-state index in [1.54, 1.807) is 31.4 Å². The lowest BCUT2D eigenvalue weighted by Crippen LogP contribution is -2.34. The predicted molar refractivity (Wildman–Crippen MR) is 102 cm³/mol. The first kappa shape index (κ1) is 19.5. The van der Waals surface area contributed by atoms with Crippen molar-refractivity contribution in [2.24, 2.45) is 5.92 Å². The summed E-state index contributed by atoms with van der Waals surface area (Å²) in [4.78, 5) is 24.1. The molecule has 2 aromatic rings. The van der Waals surface area contributed by atoms with E-state index in [1.165, 1.54) is 0 Å². The van der Waals surface area contributed by atoms with Gasteiger partial charge in [0.1, 0.15) is 5.75 Å². The molecule has 28 heavy (non-hydrogen) atoms. The molecule has 0 bridgehead atoms. The number of rotatable bonds is 7. The van der Waals surface area contributed by atoms with Gasteiger partial charge in [0, 0.05) is 18.5 Å². The van der Waals surface area contributed by atoms with E-state index >= 15 is 0 Å². The van der Waals surface area contributed by atoms with Gasteiger partial charge in [0.15, 0.2) is 11.5 Å². The first-order valence-electron chi connectivity index (χ1n) is 9.11. The fraction of sp³-hybridized carbons (Fsp3) is 0.333. The van der Waals surface area contributed by atoms with Crippen molar-refractivity contribution in [1.82, 2.24) is 5.32 Å². The third-order valence-corrected chi connectivity index (χ3v) is 4.53. The van der Waals surface area contributed by atoms with Gasteiger partial charge in [0.05, 0.1) is 26.2 Å². The number of carbonyl (C=O) groups excluding carboxylic acids is 1. The van der Waals surface area contributed by atoms with Crippen molar-refractivity contribution in [1.29, 1.82) is 0 Å². The number of nitrogens with one attached hydrogen (secondary N) is 1. The molecule has 1 heterocycles. The summed E-state index contributed by atoms with van der Waals surface area (Å²) >= 11 is 0. The maximum atomic E-state index is 12.5. The zero-order valence-electron chi connectivity index (χ0n) is 15.6. The molecule has 2 aromatic carbocycles. The van der Waals surface area contributed by atoms with E-state index in [2.05, 4.69) is 5.32 Å². The average molecular weight is 385 g/mol. The molecular formula is C21H23NO6. The van der Waals surface area contributed by atoms with Crippen LogP contribution in [0.1, 0.15) is 22.3 Å². The number of fused-ring (bicyclic) bond motifs is 1. The molecule has 3 rings (SSSR count). The van der Waals surface area contributed by atoms with Crippen LogP contribution in [0.4, 0.5) is 0 Å². The van der Waals surface area contributed by atoms with Gasteiger partial charge in [-0.15, -0.1) is 0 Å². The number of carboxylic acids is 1. The summed E-state index contributed by atoms with van der Waals surface area (Å²) in [5.74, 6) is -0.363. The molecule has 7 nitrogen and oxygen atoms in total. The average Bonchev–Trinajstić information content (AvgIpc) is 2.95. The molecule has 148 valence electrons. The van der Waals surface area contributed by atoms with Crippen molar-refractivity contribution in [3.05, 3.63) is 53.6 Å². The van der Waals surface area contributed by atoms with E-state index < -0.39 is 11.9 Å². The van der Waals surface area contributed by atoms with Gasteiger partial charge in [0.25, 0.3) is 5.91 Å². The van der Waals surface area contributed by atoms with Crippen LogP contribution >= 0.6 is 0 Å². The fourth-order valence-electron chi connectivity index (χ4n) is 3.01. The molecule has 2 N–H and O–H groups in total. The molecule has 0 radical (unpaired) electrons. The molecule has 0 aromatic heterocycles. The monoisotopic (exact) mass is 385 g/mol. The maximum absolute atomic E-state index is 12.5. The first-order valence-corrected chi connectivity index (χ1v) is 9.11. The molecule has 1 aliphatic rings. The summed E-state index contributed by atoms with van der Waals surface area (Å²) in [6.45, 7) is 1.10. The van der Waals surface area contributed by atoms with E-state index in [-0.39, 0.29) is 18.9 Å². The van der Waals surface area contributed by atoms with Gasteiger partial charge in [-0.05, 0) is 36.2 Å². The van der Waals surface area contributed by atoms with Gasteiger partial charge >= 0.3 is 5.97 Å². The predicted octanol–water partition coefficient (Wildman–Crippen LogP) is 2.53. The normalized spacial score (nSPS) is 13.9. The summed E-state index contributed by atoms with van der Waals surface area (Å²) in [7, 11) is 1.54. The molecule has 0 spiro atoms. The number of hydrogen-bond acceptors (Lipinski definition) is 5. The molecule has 0 saturated heterocycles. The molecular weight excluding hydrogens is 362 g/mol. The highest BCUT2D eigenvalue weighted by Gasteiger charge is 2.21. The van der Waals surface area contributed by atoms with Crippen molar-refractivity contribution >= 4 is 11.9 Å². The van der Waals surface area contributed by atoms with Gasteiger partial charge in [-0.1, -0.05) is 18.2 Å². The molecule has 0 aliphatic carbocycles. The van der Waals surface area contributed by atoms with Crippen molar-refractivity contribution in [3.8, 4) is 17.2 Å². The Morgan fingerprint density at radius 1 is 1.14 bits per heavy atom. The molecule has 7 heteroatoms. The molecule has 1 amide bonds. The highest BCUT2D eigenvalue weighted by molar-refractivity contribution is 5.95. The van der Waals surface area contributed by atoms with Crippen LogP contribution in [-0.4, -0.2) is 43.9 Å². The van der Waals surface area contributed by atoms with Gasteiger partial charge in [0.2, 0.25) is 0 Å². The van der Waals surface area contributed by atoms with Crippen LogP contribution in [0.15, 0.2) is 42.5 Å². The Morgan fingerprint density at radius 2 is 1.89 bits per heavy atom. The minimum Gasteiger partial charge on any atom is -0.496 e. The Bertz CT molecular complexity index is 851. The Balaban J connectivity index is 1.66. The molecule has 1 aliphatic heterocycles. The van der Waals surface area contributed by atoms with Crippen LogP contribution in [0.3, 0.4) is 0 Å². The lowest BCUT2D eigenvalue weighted by atomic mass is 9.98. The Labute approximate surface area is 163 Å². The quantitative estimate of drug-likeness (QED) is 0.761. The van der Waals surface area contributed by atoms with Crippen molar-refractivity contribution in [3.63, 3.8) is 0 Å². The van der Waals surface area contributed by atoms with E-state index in [1.807, 2.05) is 18.2 Å². The number of carboxylic acid groups (broad SMARTS) is 1. The minimum absolute atomic E-state index is 0.000652. The third kappa shape index (κ3) is 4.73. The summed E-state index contributed by atoms with van der Waals surface area (Å²) in [6, 6.07) is 12.2. The molecule has 1 unspecified atom stereocenters. The van der Waals surface area contributed by atoms with E-state index in [0.717, 1.165) is 12.0 Å². The van der Waals surface area contributed by atoms with Crippen LogP contribution in [0.25, 0.3) is 0 Å². The minimum atomic E-state index is -0.982. The van der Waals surface area contributed by atoms with Crippen LogP contribution in [-0.2, 0) is 11.2 Å². The van der Waals surface area contributed by atoms with Gasteiger partial charge in [-0.25, -0.2) is 0 Å². The molecule has 0 saturated carbocycles. The molecule has 0 fully saturated rings. The lowest BCUT2D eigenvalue weighted by Gasteiger charge is -2.16. The number of ether oxygens (including phenoxy) is 3. The van der Waals surface area contributed by atoms with Crippen LogP contribution in [0.5, 0.6) is 17.2 Å². The number of amides is 1. The largest absolute Gasteiger partial charge is 0.496 e. The van der Waals surface area contributed by atoms with Crippen LogP contribution in [0, 0.1) is 5.92 Å². The highest BCUT2D eigenvalue weighted by Crippen LogP contribution is 2.30. The van der Waals surface area contributed by atoms with Gasteiger partial charge < -0.3 is 24.6 Å². The zero-order chi connectivity index (χ0) is 19.9. The lowest BCUT2D eigenvalue weighted by molar-refractivity contribution is -0.141. The Hall–Kier alpha value is -3.22. The van der Waals surface area contributed by atoms with E-state index in [4.69, 9.17) is 14.2 Å². The topological polar surface area (TPSA) is 94.1 Å². The second kappa shape index (κ2) is 9.12. The molecule has 1 atom stereocenters. The number of para-hydroxylation sites is 1. The van der Waals surface area contributed by atoms with Crippen molar-refractivity contribution in [2.45, 2.75) is 12.8 Å². The number of aliphatic carboxylic acids is 1. The van der Waals surface area contributed by atoms with E-state index in [0.29, 0.717) is 36.0 Å². The van der Waals surface area contributed by atoms with Crippen molar-refractivity contribution in [2.75, 3.05) is 26.9 Å². The third-order valence-electron chi connectivity index (χ3n) is 4.53. The highest BCUT2D eigenvalue weighted by atomic mass is 16.5. The number of benzene rings is 2. The second-order valence-electron chi connectivity index (χ2n) is 6.47. The summed E-state index contributed by atoms with van der Waals surface area (Å²) in [5.41, 5.74) is 1.17. The number of methoxy groups -OCH3 is 1. The van der Waals surface area contributed by atoms with Gasteiger partial charge in [-0.3, -0.25) is 9.59 Å². The standard InChI is InChI=1S/C21H23NO6/c1-26-17-6-3-2-5-14(17)11-16(21(24)25)13-22-20(23)15-7-8-18-19(12-15)28-10-4-9-27-18/h2-3,5-8,12,16H,4,9-11,13H2,1H3,(H,22,23)(H,24,25). The maximum Gasteiger partial charge on any atom is 0.308 e. The second-order valence-corrected chi connectivity index (χ2v) is 6.47. The number of carbonyl (C=O) groups is 2. The SMILES string of the molecule is COc1ccccc1CC(CNC(=O)c1ccc2c(c1)OCCCO2)C(=O)O. The first-order chi connectivity index (χ1) is 13.6. The zero-order valence-corrected chi connectivity index (χ0v) is 15.6. The summed E-state index contributed by atoms with van der Waals surface area (Å²) in [5, 5.41) is 12.2. The van der Waals surface area contributed by atoms with Crippen molar-refractivity contribution < 1.29 is 28.9 Å². The Kier molecular flexibility index (Phi) is 6.37. The summed E-state index contributed by atoms with van der Waals surface area (Å²) < 4.78 is 16.4. The Morgan fingerprint density at radius 3 is 2.64 bits per heavy atom. The smallest absolute Gasteiger partial charge is 0.308 e. The van der Waals surface area contributed by atoms with Crippen LogP contribution < -0.4 is 19.5 Å². The van der Waals surface area contributed by atoms with Crippen LogP contribution in [0.2, 0.25) is 0 Å².